The molecule has 0 aliphatic rings. The van der Waals surface area contributed by atoms with Crippen LogP contribution in [0.4, 0.5) is 0 Å². The van der Waals surface area contributed by atoms with Crippen molar-refractivity contribution < 1.29 is 14.3 Å². The summed E-state index contributed by atoms with van der Waals surface area (Å²) < 4.78 is 11.1. The molecule has 0 spiro atoms. The van der Waals surface area contributed by atoms with E-state index in [0.717, 1.165) is 4.47 Å². The van der Waals surface area contributed by atoms with E-state index < -0.39 is 5.97 Å². The highest BCUT2D eigenvalue weighted by Gasteiger charge is 2.10. The maximum absolute atomic E-state index is 11.5. The largest absolute Gasteiger partial charge is 0.464 e. The third kappa shape index (κ3) is 7.23. The maximum atomic E-state index is 11.5. The second-order valence-corrected chi connectivity index (χ2v) is 4.68. The number of pyridine rings is 2. The van der Waals surface area contributed by atoms with E-state index in [4.69, 9.17) is 4.74 Å². The Bertz CT molecular complexity index is 619. The van der Waals surface area contributed by atoms with E-state index >= 15 is 0 Å². The molecule has 0 unspecified atom stereocenters. The number of ether oxygens (including phenoxy) is 2. The van der Waals surface area contributed by atoms with Crippen molar-refractivity contribution in [3.8, 4) is 11.5 Å². The Kier molecular flexibility index (Phi) is 10.6. The number of aromatic nitrogens is 2. The monoisotopic (exact) mass is 382 g/mol. The van der Waals surface area contributed by atoms with E-state index in [1.807, 2.05) is 27.7 Å². The average Bonchev–Trinajstić information content (AvgIpc) is 2.57. The molecule has 2 aromatic rings. The van der Waals surface area contributed by atoms with Gasteiger partial charge in [0.15, 0.2) is 5.69 Å². The van der Waals surface area contributed by atoms with Gasteiger partial charge in [-0.15, -0.1) is 0 Å². The topological polar surface area (TPSA) is 61.3 Å². The zero-order chi connectivity index (χ0) is 17.8. The van der Waals surface area contributed by atoms with Crippen molar-refractivity contribution in [1.29, 1.82) is 0 Å². The number of carbonyl (C=O) groups excluding carboxylic acids is 1. The molecule has 23 heavy (non-hydrogen) atoms. The van der Waals surface area contributed by atoms with Crippen LogP contribution in [0, 0.1) is 6.92 Å². The Morgan fingerprint density at radius 1 is 1.04 bits per heavy atom. The van der Waals surface area contributed by atoms with Gasteiger partial charge in [-0.05, 0) is 28.9 Å². The molecule has 0 fully saturated rings. The summed E-state index contributed by atoms with van der Waals surface area (Å²) in [5, 5.41) is 0. The molecule has 0 aliphatic heterocycles. The lowest BCUT2D eigenvalue weighted by Gasteiger charge is -2.08. The summed E-state index contributed by atoms with van der Waals surface area (Å²) in [6.07, 6.45) is 3.24. The van der Waals surface area contributed by atoms with Gasteiger partial charge < -0.3 is 9.47 Å². The summed E-state index contributed by atoms with van der Waals surface area (Å²) in [5.41, 5.74) is 0.876. The standard InChI is InChI=1S/C13H11BrN2O3.2C2H6/c1-8-3-10(5-12(16-8)13(17)18-2)19-11-4-9(14)6-15-7-11;2*1-2/h3-7H,1-2H3;2*1-2H3. The number of carbonyl (C=O) groups is 1. The van der Waals surface area contributed by atoms with Crippen molar-refractivity contribution in [1.82, 2.24) is 9.97 Å². The molecule has 126 valence electrons. The fourth-order valence-corrected chi connectivity index (χ4v) is 1.83. The van der Waals surface area contributed by atoms with Gasteiger partial charge in [-0.1, -0.05) is 27.7 Å². The fourth-order valence-electron chi connectivity index (χ4n) is 1.49. The van der Waals surface area contributed by atoms with Gasteiger partial charge in [0.05, 0.1) is 13.3 Å². The first-order valence-corrected chi connectivity index (χ1v) is 8.23. The zero-order valence-corrected chi connectivity index (χ0v) is 16.0. The molecule has 0 bridgehead atoms. The van der Waals surface area contributed by atoms with E-state index in [2.05, 4.69) is 30.6 Å². The quantitative estimate of drug-likeness (QED) is 0.684. The van der Waals surface area contributed by atoms with Crippen LogP contribution in [0.15, 0.2) is 35.1 Å². The first kappa shape index (κ1) is 21.0. The summed E-state index contributed by atoms with van der Waals surface area (Å²) in [6, 6.07) is 5.04. The van der Waals surface area contributed by atoms with E-state index in [1.54, 1.807) is 31.5 Å². The predicted octanol–water partition coefficient (Wildman–Crippen LogP) is 5.18. The molecule has 2 heterocycles. The zero-order valence-electron chi connectivity index (χ0n) is 14.4. The van der Waals surface area contributed by atoms with Crippen LogP contribution in [0.5, 0.6) is 11.5 Å². The van der Waals surface area contributed by atoms with Crippen molar-refractivity contribution in [3.63, 3.8) is 0 Å². The lowest BCUT2D eigenvalue weighted by Crippen LogP contribution is -2.05. The molecule has 5 nitrogen and oxygen atoms in total. The minimum absolute atomic E-state index is 0.209. The first-order chi connectivity index (χ1) is 11.1. The predicted molar refractivity (Wildman–Crippen MR) is 95.0 cm³/mol. The number of hydrogen-bond donors (Lipinski definition) is 0. The SMILES string of the molecule is CC.CC.COC(=O)c1cc(Oc2cncc(Br)c2)cc(C)n1. The molecule has 0 amide bonds. The van der Waals surface area contributed by atoms with Gasteiger partial charge in [0.2, 0.25) is 0 Å². The van der Waals surface area contributed by atoms with Crippen molar-refractivity contribution in [2.45, 2.75) is 34.6 Å². The number of esters is 1. The minimum Gasteiger partial charge on any atom is -0.464 e. The second-order valence-electron chi connectivity index (χ2n) is 3.76. The first-order valence-electron chi connectivity index (χ1n) is 7.44. The second kappa shape index (κ2) is 11.6. The third-order valence-corrected chi connectivity index (χ3v) is 2.67. The van der Waals surface area contributed by atoms with Gasteiger partial charge in [-0.2, -0.15) is 0 Å². The number of hydrogen-bond acceptors (Lipinski definition) is 5. The maximum Gasteiger partial charge on any atom is 0.356 e. The summed E-state index contributed by atoms with van der Waals surface area (Å²) in [5.74, 6) is 0.574. The van der Waals surface area contributed by atoms with E-state index in [-0.39, 0.29) is 5.69 Å². The molecule has 0 saturated heterocycles. The van der Waals surface area contributed by atoms with Gasteiger partial charge in [0.1, 0.15) is 11.5 Å². The minimum atomic E-state index is -0.499. The highest BCUT2D eigenvalue weighted by Crippen LogP contribution is 2.24. The average molecular weight is 383 g/mol. The van der Waals surface area contributed by atoms with E-state index in [0.29, 0.717) is 17.2 Å². The molecule has 0 N–H and O–H groups in total. The number of methoxy groups -OCH3 is 1. The van der Waals surface area contributed by atoms with Crippen molar-refractivity contribution in [3.05, 3.63) is 46.5 Å². The summed E-state index contributed by atoms with van der Waals surface area (Å²) in [4.78, 5) is 19.5. The van der Waals surface area contributed by atoms with Gasteiger partial charge in [-0.25, -0.2) is 9.78 Å². The molecular formula is C17H23BrN2O3. The van der Waals surface area contributed by atoms with Gasteiger partial charge >= 0.3 is 5.97 Å². The Morgan fingerprint density at radius 3 is 2.26 bits per heavy atom. The summed E-state index contributed by atoms with van der Waals surface area (Å²) in [6.45, 7) is 9.78. The Hall–Kier alpha value is -1.95. The van der Waals surface area contributed by atoms with Crippen LogP contribution in [-0.4, -0.2) is 23.0 Å². The third-order valence-electron chi connectivity index (χ3n) is 2.24. The Labute approximate surface area is 146 Å². The highest BCUT2D eigenvalue weighted by atomic mass is 79.9. The van der Waals surface area contributed by atoms with Gasteiger partial charge in [-0.3, -0.25) is 4.98 Å². The normalized spacial score (nSPS) is 8.83. The molecule has 2 aromatic heterocycles. The number of nitrogens with zero attached hydrogens (tertiary/aromatic N) is 2. The van der Waals surface area contributed by atoms with E-state index in [1.165, 1.54) is 13.2 Å². The molecule has 0 aromatic carbocycles. The molecule has 6 heteroatoms. The van der Waals surface area contributed by atoms with Crippen molar-refractivity contribution in [2.75, 3.05) is 7.11 Å². The number of rotatable bonds is 3. The highest BCUT2D eigenvalue weighted by molar-refractivity contribution is 9.10. The lowest BCUT2D eigenvalue weighted by molar-refractivity contribution is 0.0593. The number of halogens is 1. The van der Waals surface area contributed by atoms with Crippen LogP contribution < -0.4 is 4.74 Å². The number of aryl methyl sites for hydroxylation is 1. The molecular weight excluding hydrogens is 360 g/mol. The van der Waals surface area contributed by atoms with Crippen LogP contribution in [0.3, 0.4) is 0 Å². The summed E-state index contributed by atoms with van der Waals surface area (Å²) >= 11 is 3.31. The van der Waals surface area contributed by atoms with Crippen LogP contribution in [-0.2, 0) is 4.74 Å². The van der Waals surface area contributed by atoms with Crippen LogP contribution in [0.2, 0.25) is 0 Å². The van der Waals surface area contributed by atoms with Crippen LogP contribution in [0.1, 0.15) is 43.9 Å². The smallest absolute Gasteiger partial charge is 0.356 e. The van der Waals surface area contributed by atoms with Crippen LogP contribution >= 0.6 is 15.9 Å². The van der Waals surface area contributed by atoms with E-state index in [9.17, 15) is 4.79 Å². The van der Waals surface area contributed by atoms with Crippen LogP contribution in [0.25, 0.3) is 0 Å². The van der Waals surface area contributed by atoms with Crippen molar-refractivity contribution >= 4 is 21.9 Å². The molecule has 0 saturated carbocycles. The van der Waals surface area contributed by atoms with Gasteiger partial charge in [0, 0.05) is 28.5 Å². The lowest BCUT2D eigenvalue weighted by atomic mass is 10.3. The molecule has 0 aliphatic carbocycles. The fraction of sp³-hybridized carbons (Fsp3) is 0.353. The molecule has 2 rings (SSSR count). The molecule has 0 radical (unpaired) electrons. The van der Waals surface area contributed by atoms with Crippen molar-refractivity contribution in [2.24, 2.45) is 0 Å². The Morgan fingerprint density at radius 2 is 1.70 bits per heavy atom. The summed E-state index contributed by atoms with van der Waals surface area (Å²) in [7, 11) is 1.31. The Balaban J connectivity index is 0.00000112. The van der Waals surface area contributed by atoms with Gasteiger partial charge in [0.25, 0.3) is 0 Å². The molecule has 0 atom stereocenters.